The summed E-state index contributed by atoms with van der Waals surface area (Å²) >= 11 is 0. The van der Waals surface area contributed by atoms with Gasteiger partial charge in [-0.25, -0.2) is 12.8 Å². The summed E-state index contributed by atoms with van der Waals surface area (Å²) in [6.45, 7) is 7.81. The van der Waals surface area contributed by atoms with Gasteiger partial charge in [0.1, 0.15) is 11.9 Å². The van der Waals surface area contributed by atoms with Gasteiger partial charge in [-0.3, -0.25) is 13.9 Å². The van der Waals surface area contributed by atoms with Crippen molar-refractivity contribution in [3.05, 3.63) is 65.5 Å². The number of aryl methyl sites for hydroxylation is 1. The number of hydrogen-bond donors (Lipinski definition) is 1. The molecule has 0 saturated carbocycles. The fourth-order valence-electron chi connectivity index (χ4n) is 3.74. The van der Waals surface area contributed by atoms with Gasteiger partial charge in [0.05, 0.1) is 11.9 Å². The Hall–Kier alpha value is -2.94. The zero-order valence-corrected chi connectivity index (χ0v) is 22.6. The quantitative estimate of drug-likeness (QED) is 0.428. The lowest BCUT2D eigenvalue weighted by atomic mass is 10.1. The topological polar surface area (TPSA) is 86.8 Å². The number of nitrogens with zero attached hydrogens (tertiary/aromatic N) is 2. The summed E-state index contributed by atoms with van der Waals surface area (Å²) in [5.74, 6) is -0.929. The van der Waals surface area contributed by atoms with Crippen molar-refractivity contribution in [3.8, 4) is 0 Å². The summed E-state index contributed by atoms with van der Waals surface area (Å²) in [6.07, 6.45) is 3.08. The minimum absolute atomic E-state index is 0.0369. The Morgan fingerprint density at radius 1 is 0.972 bits per heavy atom. The lowest BCUT2D eigenvalue weighted by Gasteiger charge is -2.30. The zero-order chi connectivity index (χ0) is 26.9. The number of hydrogen-bond acceptors (Lipinski definition) is 4. The van der Waals surface area contributed by atoms with Crippen LogP contribution in [-0.4, -0.2) is 50.0 Å². The minimum Gasteiger partial charge on any atom is -0.352 e. The number of carbonyl (C=O) groups excluding carboxylic acids is 2. The SMILES string of the molecule is CCc1ccc(N(CCCC(=O)N(Cc2ccc(F)cc2)[C@@H](C)C(=O)N[C@@H](C)CC)S(C)(=O)=O)cc1. The van der Waals surface area contributed by atoms with Gasteiger partial charge in [0.2, 0.25) is 21.8 Å². The van der Waals surface area contributed by atoms with E-state index < -0.39 is 16.1 Å². The average molecular weight is 520 g/mol. The fourth-order valence-corrected chi connectivity index (χ4v) is 4.70. The number of carbonyl (C=O) groups is 2. The van der Waals surface area contributed by atoms with Gasteiger partial charge in [0.25, 0.3) is 0 Å². The predicted molar refractivity (Wildman–Crippen MR) is 142 cm³/mol. The van der Waals surface area contributed by atoms with Gasteiger partial charge in [-0.15, -0.1) is 0 Å². The average Bonchev–Trinajstić information content (AvgIpc) is 2.85. The Morgan fingerprint density at radius 3 is 2.08 bits per heavy atom. The van der Waals surface area contributed by atoms with Gasteiger partial charge in [-0.1, -0.05) is 38.1 Å². The van der Waals surface area contributed by atoms with Crippen molar-refractivity contribution in [3.63, 3.8) is 0 Å². The third kappa shape index (κ3) is 8.62. The van der Waals surface area contributed by atoms with E-state index in [4.69, 9.17) is 0 Å². The van der Waals surface area contributed by atoms with E-state index in [1.807, 2.05) is 32.9 Å². The normalized spacial score (nSPS) is 13.1. The first-order valence-electron chi connectivity index (χ1n) is 12.4. The second kappa shape index (κ2) is 13.4. The highest BCUT2D eigenvalue weighted by Crippen LogP contribution is 2.20. The van der Waals surface area contributed by atoms with E-state index in [2.05, 4.69) is 5.32 Å². The van der Waals surface area contributed by atoms with Crippen LogP contribution in [0, 0.1) is 5.82 Å². The molecule has 2 atom stereocenters. The van der Waals surface area contributed by atoms with E-state index in [9.17, 15) is 22.4 Å². The van der Waals surface area contributed by atoms with Crippen LogP contribution in [0.25, 0.3) is 0 Å². The molecule has 0 fully saturated rings. The Balaban J connectivity index is 2.16. The van der Waals surface area contributed by atoms with Crippen molar-refractivity contribution in [2.24, 2.45) is 0 Å². The number of rotatable bonds is 13. The summed E-state index contributed by atoms with van der Waals surface area (Å²) in [6, 6.07) is 12.3. The largest absolute Gasteiger partial charge is 0.352 e. The minimum atomic E-state index is -3.55. The number of halogens is 1. The molecule has 0 aromatic heterocycles. The third-order valence-corrected chi connectivity index (χ3v) is 7.41. The number of amides is 2. The molecular formula is C27H38FN3O4S. The van der Waals surface area contributed by atoms with Crippen LogP contribution in [0.4, 0.5) is 10.1 Å². The summed E-state index contributed by atoms with van der Waals surface area (Å²) in [5, 5.41) is 2.90. The molecule has 36 heavy (non-hydrogen) atoms. The Kier molecular flexibility index (Phi) is 10.9. The van der Waals surface area contributed by atoms with E-state index in [0.717, 1.165) is 24.7 Å². The Morgan fingerprint density at radius 2 is 1.56 bits per heavy atom. The second-order valence-corrected chi connectivity index (χ2v) is 11.0. The lowest BCUT2D eigenvalue weighted by molar-refractivity contribution is -0.140. The molecule has 198 valence electrons. The van der Waals surface area contributed by atoms with Crippen LogP contribution in [0.15, 0.2) is 48.5 Å². The van der Waals surface area contributed by atoms with Gasteiger partial charge in [-0.05, 0) is 68.5 Å². The van der Waals surface area contributed by atoms with E-state index in [-0.39, 0.29) is 49.6 Å². The van der Waals surface area contributed by atoms with Crippen molar-refractivity contribution in [2.75, 3.05) is 17.1 Å². The molecule has 2 rings (SSSR count). The number of nitrogens with one attached hydrogen (secondary N) is 1. The number of sulfonamides is 1. The van der Waals surface area contributed by atoms with E-state index in [1.54, 1.807) is 31.2 Å². The fraction of sp³-hybridized carbons (Fsp3) is 0.481. The molecule has 0 aliphatic heterocycles. The van der Waals surface area contributed by atoms with Crippen LogP contribution in [-0.2, 0) is 32.6 Å². The summed E-state index contributed by atoms with van der Waals surface area (Å²) in [5.41, 5.74) is 2.34. The molecule has 0 aliphatic carbocycles. The van der Waals surface area contributed by atoms with Gasteiger partial charge in [-0.2, -0.15) is 0 Å². The van der Waals surface area contributed by atoms with E-state index in [1.165, 1.54) is 21.3 Å². The smallest absolute Gasteiger partial charge is 0.242 e. The second-order valence-electron chi connectivity index (χ2n) is 9.10. The zero-order valence-electron chi connectivity index (χ0n) is 21.8. The molecule has 2 aromatic rings. The molecule has 0 saturated heterocycles. The van der Waals surface area contributed by atoms with Crippen molar-refractivity contribution in [1.82, 2.24) is 10.2 Å². The monoisotopic (exact) mass is 519 g/mol. The Bertz CT molecular complexity index is 1100. The van der Waals surface area contributed by atoms with Crippen molar-refractivity contribution in [1.29, 1.82) is 0 Å². The first-order chi connectivity index (χ1) is 17.0. The maximum Gasteiger partial charge on any atom is 0.242 e. The van der Waals surface area contributed by atoms with Crippen molar-refractivity contribution < 1.29 is 22.4 Å². The number of anilines is 1. The van der Waals surface area contributed by atoms with Crippen LogP contribution in [0.2, 0.25) is 0 Å². The highest BCUT2D eigenvalue weighted by atomic mass is 32.2. The molecule has 2 amide bonds. The van der Waals surface area contributed by atoms with Gasteiger partial charge >= 0.3 is 0 Å². The molecule has 1 N–H and O–H groups in total. The van der Waals surface area contributed by atoms with Crippen LogP contribution in [0.5, 0.6) is 0 Å². The highest BCUT2D eigenvalue weighted by Gasteiger charge is 2.27. The molecular weight excluding hydrogens is 481 g/mol. The first kappa shape index (κ1) is 29.3. The standard InChI is InChI=1S/C27H38FN3O4S/c1-6-20(3)29-27(33)21(4)30(19-23-10-14-24(28)15-11-23)26(32)9-8-18-31(36(5,34)35)25-16-12-22(7-2)13-17-25/h10-17,20-21H,6-9,18-19H2,1-5H3,(H,29,33)/t20-,21-/m0/s1. The van der Waals surface area contributed by atoms with Crippen molar-refractivity contribution >= 4 is 27.5 Å². The molecule has 9 heteroatoms. The predicted octanol–water partition coefficient (Wildman–Crippen LogP) is 4.27. The van der Waals surface area contributed by atoms with E-state index >= 15 is 0 Å². The third-order valence-electron chi connectivity index (χ3n) is 6.22. The lowest BCUT2D eigenvalue weighted by Crippen LogP contribution is -2.49. The van der Waals surface area contributed by atoms with Gasteiger partial charge in [0, 0.05) is 25.6 Å². The summed E-state index contributed by atoms with van der Waals surface area (Å²) < 4.78 is 39.5. The molecule has 0 radical (unpaired) electrons. The van der Waals surface area contributed by atoms with Crippen molar-refractivity contribution in [2.45, 2.75) is 72.0 Å². The van der Waals surface area contributed by atoms with Gasteiger partial charge in [0.15, 0.2) is 0 Å². The number of benzene rings is 2. The van der Waals surface area contributed by atoms with Crippen LogP contribution in [0.3, 0.4) is 0 Å². The molecule has 0 aliphatic rings. The summed E-state index contributed by atoms with van der Waals surface area (Å²) in [4.78, 5) is 27.5. The Labute approximate surface area is 214 Å². The molecule has 0 spiro atoms. The molecule has 0 unspecified atom stereocenters. The van der Waals surface area contributed by atoms with Crippen LogP contribution < -0.4 is 9.62 Å². The first-order valence-corrected chi connectivity index (χ1v) is 14.2. The maximum atomic E-state index is 13.4. The molecule has 2 aromatic carbocycles. The van der Waals surface area contributed by atoms with E-state index in [0.29, 0.717) is 11.3 Å². The maximum absolute atomic E-state index is 13.4. The molecule has 7 nitrogen and oxygen atoms in total. The van der Waals surface area contributed by atoms with Gasteiger partial charge < -0.3 is 10.2 Å². The van der Waals surface area contributed by atoms with Crippen LogP contribution >= 0.6 is 0 Å². The molecule has 0 heterocycles. The van der Waals surface area contributed by atoms with Crippen LogP contribution in [0.1, 0.15) is 58.1 Å². The summed E-state index contributed by atoms with van der Waals surface area (Å²) in [7, 11) is -3.55. The molecule has 0 bridgehead atoms. The highest BCUT2D eigenvalue weighted by molar-refractivity contribution is 7.92.